The Labute approximate surface area is 240 Å². The SMILES string of the molecule is C.CCN(CC)Cc1cc(C(=O)OCCCOC(C)=O)cc(Br)c1N.O=C(c1ccccc1)c1ccccc1. The number of nitrogens with zero attached hydrogens (tertiary/aromatic N) is 1. The standard InChI is InChI=1S/C17H25BrN2O4.C13H10O.CH4/c1-4-20(5-2)11-14-9-13(10-15(18)16(14)19)17(22)24-8-6-7-23-12(3)21;14-13(11-7-3-1-4-8-11)12-9-5-2-6-10-12;/h9-10H,4-8,11,19H2,1-3H3;1-10H;1H4. The summed E-state index contributed by atoms with van der Waals surface area (Å²) < 4.78 is 10.7. The molecular weight excluding hydrogens is 560 g/mol. The van der Waals surface area contributed by atoms with Gasteiger partial charge in [-0.1, -0.05) is 81.9 Å². The fraction of sp³-hybridized carbons (Fsp3) is 0.323. The Morgan fingerprint density at radius 3 is 1.82 bits per heavy atom. The molecule has 0 atom stereocenters. The van der Waals surface area contributed by atoms with Crippen molar-refractivity contribution in [3.63, 3.8) is 0 Å². The summed E-state index contributed by atoms with van der Waals surface area (Å²) in [5, 5.41) is 0. The molecule has 7 nitrogen and oxygen atoms in total. The lowest BCUT2D eigenvalue weighted by Crippen LogP contribution is -2.23. The number of halogens is 1. The lowest BCUT2D eigenvalue weighted by atomic mass is 10.0. The van der Waals surface area contributed by atoms with E-state index in [0.29, 0.717) is 28.7 Å². The van der Waals surface area contributed by atoms with Gasteiger partial charge in [0.2, 0.25) is 0 Å². The molecule has 3 aromatic carbocycles. The molecule has 0 spiro atoms. The first kappa shape index (κ1) is 33.5. The highest BCUT2D eigenvalue weighted by Crippen LogP contribution is 2.27. The minimum absolute atomic E-state index is 0. The summed E-state index contributed by atoms with van der Waals surface area (Å²) in [5.41, 5.74) is 9.54. The van der Waals surface area contributed by atoms with Gasteiger partial charge in [0, 0.05) is 35.5 Å². The third-order valence-electron chi connectivity index (χ3n) is 5.64. The molecule has 8 heteroatoms. The third kappa shape index (κ3) is 11.4. The van der Waals surface area contributed by atoms with Gasteiger partial charge in [-0.3, -0.25) is 14.5 Å². The molecule has 3 rings (SSSR count). The zero-order chi connectivity index (χ0) is 27.9. The Kier molecular flexibility index (Phi) is 15.4. The van der Waals surface area contributed by atoms with Crippen LogP contribution in [0.15, 0.2) is 77.3 Å². The number of rotatable bonds is 11. The summed E-state index contributed by atoms with van der Waals surface area (Å²) in [7, 11) is 0. The zero-order valence-electron chi connectivity index (χ0n) is 22.1. The van der Waals surface area contributed by atoms with Gasteiger partial charge in [-0.2, -0.15) is 0 Å². The molecule has 0 heterocycles. The van der Waals surface area contributed by atoms with Gasteiger partial charge >= 0.3 is 11.9 Å². The number of esters is 2. The molecule has 0 aliphatic heterocycles. The summed E-state index contributed by atoms with van der Waals surface area (Å²) in [6.07, 6.45) is 0.466. The Bertz CT molecular complexity index is 1140. The van der Waals surface area contributed by atoms with E-state index >= 15 is 0 Å². The van der Waals surface area contributed by atoms with Gasteiger partial charge < -0.3 is 15.2 Å². The van der Waals surface area contributed by atoms with E-state index < -0.39 is 5.97 Å². The topological polar surface area (TPSA) is 98.9 Å². The quantitative estimate of drug-likeness (QED) is 0.116. The highest BCUT2D eigenvalue weighted by Gasteiger charge is 2.15. The Hall–Kier alpha value is -3.49. The van der Waals surface area contributed by atoms with Crippen molar-refractivity contribution in [2.75, 3.05) is 32.0 Å². The van der Waals surface area contributed by atoms with Crippen LogP contribution in [0.25, 0.3) is 0 Å². The number of nitrogens with two attached hydrogens (primary N) is 1. The molecule has 3 aromatic rings. The lowest BCUT2D eigenvalue weighted by molar-refractivity contribution is -0.141. The zero-order valence-corrected chi connectivity index (χ0v) is 23.7. The number of anilines is 1. The van der Waals surface area contributed by atoms with Crippen LogP contribution in [0, 0.1) is 0 Å². The summed E-state index contributed by atoms with van der Waals surface area (Å²) in [6.45, 7) is 8.41. The number of carbonyl (C=O) groups is 3. The monoisotopic (exact) mass is 598 g/mol. The first-order valence-electron chi connectivity index (χ1n) is 12.5. The Morgan fingerprint density at radius 2 is 1.33 bits per heavy atom. The van der Waals surface area contributed by atoms with Crippen molar-refractivity contribution in [1.29, 1.82) is 0 Å². The van der Waals surface area contributed by atoms with Crippen molar-refractivity contribution in [3.8, 4) is 0 Å². The average Bonchev–Trinajstić information content (AvgIpc) is 2.94. The van der Waals surface area contributed by atoms with Crippen LogP contribution < -0.4 is 5.73 Å². The van der Waals surface area contributed by atoms with Crippen molar-refractivity contribution in [1.82, 2.24) is 4.90 Å². The molecule has 0 aliphatic carbocycles. The molecule has 39 heavy (non-hydrogen) atoms. The number of benzene rings is 3. The first-order valence-corrected chi connectivity index (χ1v) is 13.3. The molecule has 0 bridgehead atoms. The molecule has 0 aromatic heterocycles. The molecule has 2 N–H and O–H groups in total. The molecule has 0 radical (unpaired) electrons. The molecular formula is C31H39BrN2O5. The van der Waals surface area contributed by atoms with Gasteiger partial charge in [-0.15, -0.1) is 0 Å². The second-order valence-electron chi connectivity index (χ2n) is 8.38. The van der Waals surface area contributed by atoms with Crippen molar-refractivity contribution >= 4 is 39.3 Å². The number of carbonyl (C=O) groups excluding carboxylic acids is 3. The summed E-state index contributed by atoms with van der Waals surface area (Å²) in [6, 6.07) is 22.0. The van der Waals surface area contributed by atoms with Crippen LogP contribution in [0.4, 0.5) is 5.69 Å². The number of ketones is 1. The number of ether oxygens (including phenoxy) is 2. The summed E-state index contributed by atoms with van der Waals surface area (Å²) >= 11 is 3.40. The van der Waals surface area contributed by atoms with E-state index in [0.717, 1.165) is 29.8 Å². The molecule has 0 saturated heterocycles. The smallest absolute Gasteiger partial charge is 0.338 e. The van der Waals surface area contributed by atoms with Crippen LogP contribution in [0.1, 0.15) is 66.5 Å². The van der Waals surface area contributed by atoms with Gasteiger partial charge in [0.15, 0.2) is 5.78 Å². The second kappa shape index (κ2) is 17.9. The number of hydrogen-bond donors (Lipinski definition) is 1. The second-order valence-corrected chi connectivity index (χ2v) is 9.24. The van der Waals surface area contributed by atoms with Crippen molar-refractivity contribution in [2.24, 2.45) is 0 Å². The summed E-state index contributed by atoms with van der Waals surface area (Å²) in [5.74, 6) is -0.685. The first-order chi connectivity index (χ1) is 18.3. The predicted molar refractivity (Wildman–Crippen MR) is 160 cm³/mol. The number of hydrogen-bond acceptors (Lipinski definition) is 7. The van der Waals surface area contributed by atoms with E-state index in [4.69, 9.17) is 15.2 Å². The maximum absolute atomic E-state index is 12.2. The molecule has 210 valence electrons. The Morgan fingerprint density at radius 1 is 0.821 bits per heavy atom. The van der Waals surface area contributed by atoms with E-state index in [1.165, 1.54) is 6.92 Å². The van der Waals surface area contributed by atoms with Gasteiger partial charge in [-0.25, -0.2) is 4.79 Å². The summed E-state index contributed by atoms with van der Waals surface area (Å²) in [4.78, 5) is 36.9. The van der Waals surface area contributed by atoms with Gasteiger partial charge in [0.05, 0.1) is 24.5 Å². The van der Waals surface area contributed by atoms with E-state index in [1.807, 2.05) is 60.7 Å². The molecule has 0 aliphatic rings. The lowest BCUT2D eigenvalue weighted by Gasteiger charge is -2.20. The van der Waals surface area contributed by atoms with Crippen LogP contribution in [-0.2, 0) is 20.8 Å². The van der Waals surface area contributed by atoms with Crippen LogP contribution in [0.2, 0.25) is 0 Å². The highest BCUT2D eigenvalue weighted by atomic mass is 79.9. The minimum atomic E-state index is -0.417. The molecule has 0 saturated carbocycles. The predicted octanol–water partition coefficient (Wildman–Crippen LogP) is 6.54. The van der Waals surface area contributed by atoms with E-state index in [-0.39, 0.29) is 32.4 Å². The fourth-order valence-corrected chi connectivity index (χ4v) is 3.98. The molecule has 0 amide bonds. The largest absolute Gasteiger partial charge is 0.466 e. The van der Waals surface area contributed by atoms with Crippen LogP contribution in [-0.4, -0.2) is 48.9 Å². The molecule has 0 unspecified atom stereocenters. The Balaban J connectivity index is 0.000000429. The average molecular weight is 600 g/mol. The van der Waals surface area contributed by atoms with Crippen LogP contribution in [0.3, 0.4) is 0 Å². The molecule has 0 fully saturated rings. The fourth-order valence-electron chi connectivity index (χ4n) is 3.48. The van der Waals surface area contributed by atoms with E-state index in [9.17, 15) is 14.4 Å². The van der Waals surface area contributed by atoms with E-state index in [1.54, 1.807) is 12.1 Å². The van der Waals surface area contributed by atoms with Gasteiger partial charge in [-0.05, 0) is 46.7 Å². The van der Waals surface area contributed by atoms with E-state index in [2.05, 4.69) is 34.7 Å². The normalized spacial score (nSPS) is 10.1. The van der Waals surface area contributed by atoms with Crippen molar-refractivity contribution in [2.45, 2.75) is 41.2 Å². The van der Waals surface area contributed by atoms with Gasteiger partial charge in [0.1, 0.15) is 0 Å². The maximum Gasteiger partial charge on any atom is 0.338 e. The van der Waals surface area contributed by atoms with Crippen molar-refractivity contribution < 1.29 is 23.9 Å². The maximum atomic E-state index is 12.2. The van der Waals surface area contributed by atoms with Crippen LogP contribution >= 0.6 is 15.9 Å². The van der Waals surface area contributed by atoms with Crippen LogP contribution in [0.5, 0.6) is 0 Å². The minimum Gasteiger partial charge on any atom is -0.466 e. The third-order valence-corrected chi connectivity index (χ3v) is 6.29. The van der Waals surface area contributed by atoms with Gasteiger partial charge in [0.25, 0.3) is 0 Å². The van der Waals surface area contributed by atoms with Crippen molar-refractivity contribution in [3.05, 3.63) is 99.5 Å². The number of nitrogen functional groups attached to an aromatic ring is 1. The highest BCUT2D eigenvalue weighted by molar-refractivity contribution is 9.10.